The summed E-state index contributed by atoms with van der Waals surface area (Å²) in [6.07, 6.45) is 8.14. The summed E-state index contributed by atoms with van der Waals surface area (Å²) in [5.41, 5.74) is 6.25. The molecule has 3 fully saturated rings. The molecule has 2 aliphatic carbocycles. The Hall–Kier alpha value is -2.12. The molecule has 0 aromatic carbocycles. The minimum absolute atomic E-state index is 0.0262. The normalized spacial score (nSPS) is 28.7. The van der Waals surface area contributed by atoms with Crippen molar-refractivity contribution >= 4 is 29.2 Å². The maximum atomic E-state index is 12.7. The number of halogens is 1. The van der Waals surface area contributed by atoms with Crippen LogP contribution >= 0.6 is 11.6 Å². The zero-order valence-corrected chi connectivity index (χ0v) is 16.5. The van der Waals surface area contributed by atoms with Gasteiger partial charge >= 0.3 is 0 Å². The lowest BCUT2D eigenvalue weighted by molar-refractivity contribution is -0.158. The summed E-state index contributed by atoms with van der Waals surface area (Å²) in [4.78, 5) is 28.8. The molecule has 150 valence electrons. The molecule has 2 aliphatic heterocycles. The van der Waals surface area contributed by atoms with Gasteiger partial charge in [0.25, 0.3) is 5.91 Å². The molecule has 1 aromatic heterocycles. The number of allylic oxidation sites excluding steroid dienone is 1. The number of carbonyl (C=O) groups is 2. The predicted molar refractivity (Wildman–Crippen MR) is 106 cm³/mol. The van der Waals surface area contributed by atoms with E-state index in [1.54, 1.807) is 0 Å². The molecule has 4 aliphatic rings. The maximum Gasteiger partial charge on any atom is 0.252 e. The number of amides is 2. The molecule has 7 nitrogen and oxygen atoms in total. The van der Waals surface area contributed by atoms with Crippen LogP contribution in [-0.4, -0.2) is 41.1 Å². The van der Waals surface area contributed by atoms with E-state index in [1.165, 1.54) is 12.1 Å². The van der Waals surface area contributed by atoms with E-state index in [0.29, 0.717) is 18.7 Å². The van der Waals surface area contributed by atoms with Gasteiger partial charge in [0.2, 0.25) is 5.91 Å². The van der Waals surface area contributed by atoms with Crippen molar-refractivity contribution < 1.29 is 14.3 Å². The van der Waals surface area contributed by atoms with Gasteiger partial charge in [0.15, 0.2) is 0 Å². The van der Waals surface area contributed by atoms with E-state index in [4.69, 9.17) is 22.1 Å². The second-order valence-electron chi connectivity index (χ2n) is 8.11. The van der Waals surface area contributed by atoms with Crippen molar-refractivity contribution in [3.8, 4) is 0 Å². The number of nitrogen functional groups attached to an aromatic ring is 1. The first-order valence-electron chi connectivity index (χ1n) is 9.76. The highest BCUT2D eigenvalue weighted by atomic mass is 35.5. The zero-order chi connectivity index (χ0) is 19.8. The molecule has 0 unspecified atom stereocenters. The summed E-state index contributed by atoms with van der Waals surface area (Å²) in [5.74, 6) is 0.0136. The van der Waals surface area contributed by atoms with Gasteiger partial charge in [-0.05, 0) is 57.1 Å². The SMILES string of the molecule is Nc1cc(C(=O)NC23CCC(CNC(=O)C4=CCCC4)(CC2)OC3)cc(Cl)n1. The molecule has 5 rings (SSSR count). The summed E-state index contributed by atoms with van der Waals surface area (Å²) < 4.78 is 6.15. The molecule has 4 N–H and O–H groups in total. The van der Waals surface area contributed by atoms with Gasteiger partial charge in [0.05, 0.1) is 17.7 Å². The number of pyridine rings is 1. The van der Waals surface area contributed by atoms with Gasteiger partial charge in [-0.15, -0.1) is 0 Å². The summed E-state index contributed by atoms with van der Waals surface area (Å²) in [5, 5.41) is 6.36. The van der Waals surface area contributed by atoms with Gasteiger partial charge in [-0.1, -0.05) is 17.7 Å². The molecule has 3 heterocycles. The van der Waals surface area contributed by atoms with Gasteiger partial charge in [-0.3, -0.25) is 9.59 Å². The first kappa shape index (κ1) is 19.2. The van der Waals surface area contributed by atoms with Crippen LogP contribution in [0.25, 0.3) is 0 Å². The quantitative estimate of drug-likeness (QED) is 0.653. The Labute approximate surface area is 169 Å². The molecule has 2 bridgehead atoms. The largest absolute Gasteiger partial charge is 0.384 e. The molecular formula is C20H25ClN4O3. The fourth-order valence-electron chi connectivity index (χ4n) is 4.35. The average Bonchev–Trinajstić information content (AvgIpc) is 3.22. The average molecular weight is 405 g/mol. The molecule has 1 aromatic rings. The van der Waals surface area contributed by atoms with Crippen LogP contribution in [0.4, 0.5) is 5.82 Å². The van der Waals surface area contributed by atoms with Crippen molar-refractivity contribution in [1.82, 2.24) is 15.6 Å². The van der Waals surface area contributed by atoms with Crippen molar-refractivity contribution in [2.24, 2.45) is 0 Å². The molecular weight excluding hydrogens is 380 g/mol. The Morgan fingerprint density at radius 2 is 2.00 bits per heavy atom. The highest BCUT2D eigenvalue weighted by molar-refractivity contribution is 6.29. The number of carbonyl (C=O) groups excluding carboxylic acids is 2. The second-order valence-corrected chi connectivity index (χ2v) is 8.50. The standard InChI is InChI=1S/C20H25ClN4O3/c21-15-9-14(10-16(22)24-15)18(27)25-19-5-7-20(8-6-19,28-12-19)11-23-17(26)13-3-1-2-4-13/h3,9-10H,1-2,4-8,11-12H2,(H2,22,24)(H,23,26)(H,25,27). The summed E-state index contributed by atoms with van der Waals surface area (Å²) >= 11 is 5.90. The van der Waals surface area contributed by atoms with Gasteiger partial charge < -0.3 is 21.1 Å². The monoisotopic (exact) mass is 404 g/mol. The molecule has 1 saturated carbocycles. The molecule has 0 radical (unpaired) electrons. The van der Waals surface area contributed by atoms with Crippen LogP contribution in [0.1, 0.15) is 55.3 Å². The lowest BCUT2D eigenvalue weighted by Crippen LogP contribution is -2.65. The van der Waals surface area contributed by atoms with E-state index < -0.39 is 0 Å². The summed E-state index contributed by atoms with van der Waals surface area (Å²) in [7, 11) is 0. The Bertz CT molecular complexity index is 794. The van der Waals surface area contributed by atoms with Gasteiger partial charge in [-0.25, -0.2) is 4.98 Å². The number of aromatic nitrogens is 1. The Balaban J connectivity index is 1.35. The highest BCUT2D eigenvalue weighted by Crippen LogP contribution is 2.43. The first-order chi connectivity index (χ1) is 13.4. The smallest absolute Gasteiger partial charge is 0.252 e. The molecule has 0 spiro atoms. The molecule has 2 saturated heterocycles. The van der Waals surface area contributed by atoms with Crippen molar-refractivity contribution in [2.75, 3.05) is 18.9 Å². The van der Waals surface area contributed by atoms with E-state index >= 15 is 0 Å². The van der Waals surface area contributed by atoms with Crippen molar-refractivity contribution in [2.45, 2.75) is 56.1 Å². The molecule has 0 atom stereocenters. The highest BCUT2D eigenvalue weighted by Gasteiger charge is 2.50. The van der Waals surface area contributed by atoms with E-state index in [1.807, 2.05) is 6.08 Å². The van der Waals surface area contributed by atoms with E-state index in [9.17, 15) is 9.59 Å². The van der Waals surface area contributed by atoms with Crippen LogP contribution in [0, 0.1) is 0 Å². The second kappa shape index (κ2) is 7.37. The lowest BCUT2D eigenvalue weighted by Gasteiger charge is -2.53. The summed E-state index contributed by atoms with van der Waals surface area (Å²) in [6, 6.07) is 3.02. The Morgan fingerprint density at radius 3 is 2.61 bits per heavy atom. The van der Waals surface area contributed by atoms with Crippen LogP contribution in [0.5, 0.6) is 0 Å². The van der Waals surface area contributed by atoms with Crippen LogP contribution < -0.4 is 16.4 Å². The maximum absolute atomic E-state index is 12.7. The zero-order valence-electron chi connectivity index (χ0n) is 15.7. The van der Waals surface area contributed by atoms with Crippen molar-refractivity contribution in [3.63, 3.8) is 0 Å². The lowest BCUT2D eigenvalue weighted by atomic mass is 9.71. The molecule has 28 heavy (non-hydrogen) atoms. The Kier molecular flexibility index (Phi) is 5.05. The van der Waals surface area contributed by atoms with Crippen LogP contribution in [0.3, 0.4) is 0 Å². The number of ether oxygens (including phenoxy) is 1. The van der Waals surface area contributed by atoms with E-state index in [-0.39, 0.29) is 33.9 Å². The van der Waals surface area contributed by atoms with E-state index in [0.717, 1.165) is 50.5 Å². The predicted octanol–water partition coefficient (Wildman–Crippen LogP) is 2.36. The van der Waals surface area contributed by atoms with Gasteiger partial charge in [0, 0.05) is 17.7 Å². The third kappa shape index (κ3) is 3.86. The Morgan fingerprint density at radius 1 is 1.21 bits per heavy atom. The van der Waals surface area contributed by atoms with Crippen LogP contribution in [0.2, 0.25) is 5.15 Å². The van der Waals surface area contributed by atoms with Crippen LogP contribution in [-0.2, 0) is 9.53 Å². The van der Waals surface area contributed by atoms with Crippen LogP contribution in [0.15, 0.2) is 23.8 Å². The third-order valence-electron chi connectivity index (χ3n) is 6.13. The van der Waals surface area contributed by atoms with Gasteiger partial charge in [0.1, 0.15) is 11.0 Å². The third-order valence-corrected chi connectivity index (χ3v) is 6.33. The minimum Gasteiger partial charge on any atom is -0.384 e. The number of nitrogens with zero attached hydrogens (tertiary/aromatic N) is 1. The number of nitrogens with two attached hydrogens (primary N) is 1. The number of nitrogens with one attached hydrogen (secondary N) is 2. The van der Waals surface area contributed by atoms with Crippen molar-refractivity contribution in [1.29, 1.82) is 0 Å². The molecule has 2 amide bonds. The topological polar surface area (TPSA) is 106 Å². The number of hydrogen-bond acceptors (Lipinski definition) is 5. The number of anilines is 1. The number of hydrogen-bond donors (Lipinski definition) is 3. The minimum atomic E-state index is -0.388. The van der Waals surface area contributed by atoms with E-state index in [2.05, 4.69) is 15.6 Å². The first-order valence-corrected chi connectivity index (χ1v) is 10.1. The number of rotatable bonds is 5. The number of fused-ring (bicyclic) bond motifs is 3. The van der Waals surface area contributed by atoms with Crippen molar-refractivity contribution in [3.05, 3.63) is 34.5 Å². The molecule has 8 heteroatoms. The summed E-state index contributed by atoms with van der Waals surface area (Å²) in [6.45, 7) is 0.954. The fourth-order valence-corrected chi connectivity index (χ4v) is 4.56. The van der Waals surface area contributed by atoms with Gasteiger partial charge in [-0.2, -0.15) is 0 Å². The fraction of sp³-hybridized carbons (Fsp3) is 0.550.